The number of nitrogens with two attached hydrogens (primary N) is 1. The van der Waals surface area contributed by atoms with Crippen molar-refractivity contribution in [1.82, 2.24) is 9.38 Å². The first-order chi connectivity index (χ1) is 9.19. The van der Waals surface area contributed by atoms with Gasteiger partial charge in [0, 0.05) is 24.2 Å². The van der Waals surface area contributed by atoms with Gasteiger partial charge in [-0.3, -0.25) is 4.40 Å². The summed E-state index contributed by atoms with van der Waals surface area (Å²) in [4.78, 5) is 5.18. The van der Waals surface area contributed by atoms with Gasteiger partial charge in [-0.15, -0.1) is 11.3 Å². The minimum absolute atomic E-state index is 0.307. The lowest BCUT2D eigenvalue weighted by Gasteiger charge is -2.07. The summed E-state index contributed by atoms with van der Waals surface area (Å²) in [6.45, 7) is 2.16. The third kappa shape index (κ3) is 2.09. The Kier molecular flexibility index (Phi) is 2.96. The first-order valence-corrected chi connectivity index (χ1v) is 6.65. The molecule has 2 aromatic heterocycles. The molecule has 0 aliphatic rings. The van der Waals surface area contributed by atoms with Crippen LogP contribution < -0.4 is 10.5 Å². The Balaban J connectivity index is 2.05. The SMILES string of the molecule is Cc1ccc(F)cc1Oc1nc2sccn2c1CN. The van der Waals surface area contributed by atoms with Gasteiger partial charge in [-0.05, 0) is 18.6 Å². The molecule has 0 fully saturated rings. The molecule has 3 aromatic rings. The second-order valence-electron chi connectivity index (χ2n) is 4.14. The van der Waals surface area contributed by atoms with Crippen molar-refractivity contribution in [3.8, 4) is 11.6 Å². The fourth-order valence-corrected chi connectivity index (χ4v) is 2.59. The molecule has 6 heteroatoms. The molecule has 19 heavy (non-hydrogen) atoms. The highest BCUT2D eigenvalue weighted by molar-refractivity contribution is 7.15. The lowest BCUT2D eigenvalue weighted by Crippen LogP contribution is -2.02. The number of rotatable bonds is 3. The Morgan fingerprint density at radius 3 is 3.11 bits per heavy atom. The van der Waals surface area contributed by atoms with E-state index in [-0.39, 0.29) is 5.82 Å². The number of nitrogens with zero attached hydrogens (tertiary/aromatic N) is 2. The van der Waals surface area contributed by atoms with E-state index in [1.165, 1.54) is 23.5 Å². The van der Waals surface area contributed by atoms with E-state index in [4.69, 9.17) is 10.5 Å². The van der Waals surface area contributed by atoms with Gasteiger partial charge in [0.05, 0.1) is 0 Å². The molecular weight excluding hydrogens is 265 g/mol. The molecule has 1 aromatic carbocycles. The van der Waals surface area contributed by atoms with Crippen LogP contribution in [0.4, 0.5) is 4.39 Å². The summed E-state index contributed by atoms with van der Waals surface area (Å²) in [5.74, 6) is 0.555. The Hall–Kier alpha value is -1.92. The van der Waals surface area contributed by atoms with Crippen LogP contribution in [0.2, 0.25) is 0 Å². The zero-order chi connectivity index (χ0) is 13.4. The van der Waals surface area contributed by atoms with Crippen LogP contribution >= 0.6 is 11.3 Å². The number of fused-ring (bicyclic) bond motifs is 1. The predicted octanol–water partition coefficient (Wildman–Crippen LogP) is 3.09. The molecule has 0 unspecified atom stereocenters. The first kappa shape index (κ1) is 12.1. The van der Waals surface area contributed by atoms with Gasteiger partial charge in [0.2, 0.25) is 5.88 Å². The quantitative estimate of drug-likeness (QED) is 0.800. The number of hydrogen-bond acceptors (Lipinski definition) is 4. The van der Waals surface area contributed by atoms with Crippen molar-refractivity contribution in [2.24, 2.45) is 5.73 Å². The molecule has 0 radical (unpaired) electrons. The monoisotopic (exact) mass is 277 g/mol. The summed E-state index contributed by atoms with van der Waals surface area (Å²) < 4.78 is 20.8. The number of thiazole rings is 1. The van der Waals surface area contributed by atoms with Gasteiger partial charge >= 0.3 is 0 Å². The Labute approximate surface area is 113 Å². The number of halogens is 1. The van der Waals surface area contributed by atoms with Gasteiger partial charge in [-0.1, -0.05) is 6.07 Å². The van der Waals surface area contributed by atoms with E-state index in [2.05, 4.69) is 4.98 Å². The fourth-order valence-electron chi connectivity index (χ4n) is 1.87. The van der Waals surface area contributed by atoms with Crippen LogP contribution in [0, 0.1) is 12.7 Å². The molecule has 4 nitrogen and oxygen atoms in total. The van der Waals surface area contributed by atoms with Gasteiger partial charge in [0.25, 0.3) is 0 Å². The average molecular weight is 277 g/mol. The van der Waals surface area contributed by atoms with Crippen molar-refractivity contribution >= 4 is 16.3 Å². The van der Waals surface area contributed by atoms with E-state index >= 15 is 0 Å². The van der Waals surface area contributed by atoms with Crippen LogP contribution in [0.5, 0.6) is 11.6 Å². The number of aryl methyl sites for hydroxylation is 1. The Morgan fingerprint density at radius 1 is 1.47 bits per heavy atom. The molecular formula is C13H12FN3OS. The standard InChI is InChI=1S/C13H12FN3OS/c1-8-2-3-9(14)6-11(8)18-12-10(7-15)17-4-5-19-13(17)16-12/h2-6H,7,15H2,1H3. The molecule has 0 saturated carbocycles. The van der Waals surface area contributed by atoms with Crippen molar-refractivity contribution in [2.45, 2.75) is 13.5 Å². The average Bonchev–Trinajstić information content (AvgIpc) is 2.94. The van der Waals surface area contributed by atoms with E-state index in [1.54, 1.807) is 6.07 Å². The van der Waals surface area contributed by atoms with Crippen molar-refractivity contribution in [2.75, 3.05) is 0 Å². The van der Waals surface area contributed by atoms with Crippen molar-refractivity contribution in [1.29, 1.82) is 0 Å². The zero-order valence-corrected chi connectivity index (χ0v) is 11.1. The first-order valence-electron chi connectivity index (χ1n) is 5.77. The van der Waals surface area contributed by atoms with E-state index in [0.717, 1.165) is 16.2 Å². The second-order valence-corrected chi connectivity index (χ2v) is 5.01. The van der Waals surface area contributed by atoms with E-state index in [9.17, 15) is 4.39 Å². The smallest absolute Gasteiger partial charge is 0.243 e. The normalized spacial score (nSPS) is 11.1. The summed E-state index contributed by atoms with van der Waals surface area (Å²) in [6, 6.07) is 4.42. The van der Waals surface area contributed by atoms with Gasteiger partial charge in [0.1, 0.15) is 17.3 Å². The molecule has 0 atom stereocenters. The molecule has 3 rings (SSSR count). The second kappa shape index (κ2) is 4.64. The molecule has 98 valence electrons. The molecule has 2 N–H and O–H groups in total. The molecule has 0 bridgehead atoms. The number of ether oxygens (including phenoxy) is 1. The molecule has 0 aliphatic carbocycles. The third-order valence-electron chi connectivity index (χ3n) is 2.87. The minimum atomic E-state index is -0.337. The van der Waals surface area contributed by atoms with Crippen LogP contribution in [0.25, 0.3) is 4.96 Å². The summed E-state index contributed by atoms with van der Waals surface area (Å²) in [5.41, 5.74) is 7.36. The topological polar surface area (TPSA) is 52.5 Å². The van der Waals surface area contributed by atoms with E-state index in [1.807, 2.05) is 22.9 Å². The maximum Gasteiger partial charge on any atom is 0.243 e. The van der Waals surface area contributed by atoms with Crippen LogP contribution in [0.3, 0.4) is 0 Å². The third-order valence-corrected chi connectivity index (χ3v) is 3.63. The van der Waals surface area contributed by atoms with Crippen LogP contribution in [-0.4, -0.2) is 9.38 Å². The lowest BCUT2D eigenvalue weighted by molar-refractivity contribution is 0.451. The van der Waals surface area contributed by atoms with Gasteiger partial charge in [0.15, 0.2) is 4.96 Å². The summed E-state index contributed by atoms with van der Waals surface area (Å²) in [5, 5.41) is 1.93. The highest BCUT2D eigenvalue weighted by Crippen LogP contribution is 2.29. The van der Waals surface area contributed by atoms with Gasteiger partial charge in [-0.25, -0.2) is 4.39 Å². The highest BCUT2D eigenvalue weighted by Gasteiger charge is 2.15. The van der Waals surface area contributed by atoms with E-state index < -0.39 is 0 Å². The number of imidazole rings is 1. The zero-order valence-electron chi connectivity index (χ0n) is 10.3. The summed E-state index contributed by atoms with van der Waals surface area (Å²) >= 11 is 1.50. The van der Waals surface area contributed by atoms with Crippen LogP contribution in [-0.2, 0) is 6.54 Å². The van der Waals surface area contributed by atoms with Gasteiger partial charge in [-0.2, -0.15) is 4.98 Å². The minimum Gasteiger partial charge on any atom is -0.437 e. The summed E-state index contributed by atoms with van der Waals surface area (Å²) in [6.07, 6.45) is 1.89. The fraction of sp³-hybridized carbons (Fsp3) is 0.154. The van der Waals surface area contributed by atoms with Gasteiger partial charge < -0.3 is 10.5 Å². The Morgan fingerprint density at radius 2 is 2.32 bits per heavy atom. The maximum atomic E-state index is 13.2. The van der Waals surface area contributed by atoms with E-state index in [0.29, 0.717) is 18.2 Å². The lowest BCUT2D eigenvalue weighted by atomic mass is 10.2. The van der Waals surface area contributed by atoms with Crippen molar-refractivity contribution < 1.29 is 9.13 Å². The maximum absolute atomic E-state index is 13.2. The van der Waals surface area contributed by atoms with Crippen molar-refractivity contribution in [3.05, 3.63) is 46.9 Å². The highest BCUT2D eigenvalue weighted by atomic mass is 32.1. The Bertz CT molecular complexity index is 735. The summed E-state index contributed by atoms with van der Waals surface area (Å²) in [7, 11) is 0. The van der Waals surface area contributed by atoms with Crippen LogP contribution in [0.15, 0.2) is 29.8 Å². The molecule has 0 aliphatic heterocycles. The largest absolute Gasteiger partial charge is 0.437 e. The van der Waals surface area contributed by atoms with Crippen LogP contribution in [0.1, 0.15) is 11.3 Å². The predicted molar refractivity (Wildman–Crippen MR) is 72.2 cm³/mol. The molecule has 2 heterocycles. The molecule has 0 saturated heterocycles. The molecule has 0 amide bonds. The number of hydrogen-bond donors (Lipinski definition) is 1. The number of benzene rings is 1. The number of aromatic nitrogens is 2. The van der Waals surface area contributed by atoms with Crippen molar-refractivity contribution in [3.63, 3.8) is 0 Å². The molecule has 0 spiro atoms.